The molecule has 0 aliphatic carbocycles. The maximum atomic E-state index is 5.99. The van der Waals surface area contributed by atoms with Crippen molar-refractivity contribution in [2.75, 3.05) is 26.8 Å². The molecule has 0 unspecified atom stereocenters. The Balaban J connectivity index is 2.51. The highest BCUT2D eigenvalue weighted by molar-refractivity contribution is 5.44. The Morgan fingerprint density at radius 1 is 1.10 bits per heavy atom. The molecule has 0 aliphatic rings. The SMILES string of the molecule is CCCNCCCCOc1ccc(OC)cc1C(C)(C)C. The maximum Gasteiger partial charge on any atom is 0.123 e. The van der Waals surface area contributed by atoms with Gasteiger partial charge < -0.3 is 14.8 Å². The van der Waals surface area contributed by atoms with Gasteiger partial charge in [-0.3, -0.25) is 0 Å². The molecule has 1 aromatic carbocycles. The topological polar surface area (TPSA) is 30.5 Å². The molecular weight excluding hydrogens is 262 g/mol. The van der Waals surface area contributed by atoms with Gasteiger partial charge in [0.1, 0.15) is 11.5 Å². The monoisotopic (exact) mass is 293 g/mol. The lowest BCUT2D eigenvalue weighted by molar-refractivity contribution is 0.297. The molecule has 0 fully saturated rings. The van der Waals surface area contributed by atoms with Crippen molar-refractivity contribution in [3.63, 3.8) is 0 Å². The molecule has 0 radical (unpaired) electrons. The summed E-state index contributed by atoms with van der Waals surface area (Å²) in [5.74, 6) is 1.86. The molecule has 0 aromatic heterocycles. The van der Waals surface area contributed by atoms with E-state index in [1.165, 1.54) is 12.0 Å². The molecule has 0 heterocycles. The van der Waals surface area contributed by atoms with Gasteiger partial charge in [0.2, 0.25) is 0 Å². The lowest BCUT2D eigenvalue weighted by atomic mass is 9.86. The van der Waals surface area contributed by atoms with E-state index >= 15 is 0 Å². The van der Waals surface area contributed by atoms with Gasteiger partial charge in [0.15, 0.2) is 0 Å². The van der Waals surface area contributed by atoms with Crippen LogP contribution in [-0.4, -0.2) is 26.8 Å². The Labute approximate surface area is 130 Å². The van der Waals surface area contributed by atoms with Crippen LogP contribution in [0.1, 0.15) is 52.5 Å². The van der Waals surface area contributed by atoms with E-state index in [9.17, 15) is 0 Å². The van der Waals surface area contributed by atoms with Crippen LogP contribution in [0.4, 0.5) is 0 Å². The van der Waals surface area contributed by atoms with Crippen molar-refractivity contribution in [3.05, 3.63) is 23.8 Å². The van der Waals surface area contributed by atoms with E-state index in [2.05, 4.69) is 39.1 Å². The number of unbranched alkanes of at least 4 members (excludes halogenated alkanes) is 1. The first-order valence-corrected chi connectivity index (χ1v) is 8.01. The molecule has 0 amide bonds. The highest BCUT2D eigenvalue weighted by Crippen LogP contribution is 2.34. The van der Waals surface area contributed by atoms with Crippen molar-refractivity contribution in [2.24, 2.45) is 0 Å². The normalized spacial score (nSPS) is 11.5. The van der Waals surface area contributed by atoms with Crippen LogP contribution >= 0.6 is 0 Å². The molecule has 0 saturated heterocycles. The third-order valence-electron chi connectivity index (χ3n) is 3.43. The summed E-state index contributed by atoms with van der Waals surface area (Å²) in [5, 5.41) is 3.41. The molecule has 120 valence electrons. The van der Waals surface area contributed by atoms with Gasteiger partial charge in [-0.15, -0.1) is 0 Å². The van der Waals surface area contributed by atoms with Gasteiger partial charge in [-0.05, 0) is 56.0 Å². The molecule has 0 aliphatic heterocycles. The fourth-order valence-electron chi connectivity index (χ4n) is 2.18. The maximum absolute atomic E-state index is 5.99. The van der Waals surface area contributed by atoms with Gasteiger partial charge in [-0.1, -0.05) is 27.7 Å². The minimum atomic E-state index is 0.0482. The lowest BCUT2D eigenvalue weighted by Crippen LogP contribution is -2.17. The zero-order chi connectivity index (χ0) is 15.7. The zero-order valence-corrected chi connectivity index (χ0v) is 14.3. The van der Waals surface area contributed by atoms with Crippen LogP contribution in [0, 0.1) is 0 Å². The molecule has 21 heavy (non-hydrogen) atoms. The number of ether oxygens (including phenoxy) is 2. The Bertz CT molecular complexity index is 410. The predicted molar refractivity (Wildman–Crippen MR) is 89.6 cm³/mol. The fraction of sp³-hybridized carbons (Fsp3) is 0.667. The summed E-state index contributed by atoms with van der Waals surface area (Å²) >= 11 is 0. The van der Waals surface area contributed by atoms with Crippen molar-refractivity contribution < 1.29 is 9.47 Å². The summed E-state index contributed by atoms with van der Waals surface area (Å²) in [4.78, 5) is 0. The molecule has 0 saturated carbocycles. The summed E-state index contributed by atoms with van der Waals surface area (Å²) in [7, 11) is 1.70. The summed E-state index contributed by atoms with van der Waals surface area (Å²) < 4.78 is 11.3. The first-order chi connectivity index (χ1) is 9.99. The van der Waals surface area contributed by atoms with E-state index in [1.54, 1.807) is 7.11 Å². The van der Waals surface area contributed by atoms with Gasteiger partial charge in [0, 0.05) is 5.56 Å². The predicted octanol–water partition coefficient (Wildman–Crippen LogP) is 4.15. The van der Waals surface area contributed by atoms with Crippen LogP contribution in [-0.2, 0) is 5.41 Å². The average molecular weight is 293 g/mol. The van der Waals surface area contributed by atoms with E-state index in [-0.39, 0.29) is 5.41 Å². The number of rotatable bonds is 9. The van der Waals surface area contributed by atoms with E-state index in [1.807, 2.05) is 12.1 Å². The Morgan fingerprint density at radius 2 is 1.86 bits per heavy atom. The first kappa shape index (κ1) is 17.8. The van der Waals surface area contributed by atoms with Gasteiger partial charge in [0.25, 0.3) is 0 Å². The second kappa shape index (κ2) is 8.93. The fourth-order valence-corrected chi connectivity index (χ4v) is 2.18. The standard InChI is InChI=1S/C18H31NO2/c1-6-11-19-12-7-8-13-21-17-10-9-15(20-5)14-16(17)18(2,3)4/h9-10,14,19H,6-8,11-13H2,1-5H3. The lowest BCUT2D eigenvalue weighted by Gasteiger charge is -2.23. The van der Waals surface area contributed by atoms with Gasteiger partial charge in [-0.25, -0.2) is 0 Å². The number of methoxy groups -OCH3 is 1. The Kier molecular flexibility index (Phi) is 7.58. The van der Waals surface area contributed by atoms with E-state index < -0.39 is 0 Å². The van der Waals surface area contributed by atoms with Crippen LogP contribution in [0.2, 0.25) is 0 Å². The van der Waals surface area contributed by atoms with Crippen LogP contribution < -0.4 is 14.8 Å². The zero-order valence-electron chi connectivity index (χ0n) is 14.3. The van der Waals surface area contributed by atoms with Crippen LogP contribution in [0.3, 0.4) is 0 Å². The minimum absolute atomic E-state index is 0.0482. The molecule has 1 aromatic rings. The van der Waals surface area contributed by atoms with Gasteiger partial charge in [-0.2, -0.15) is 0 Å². The van der Waals surface area contributed by atoms with Crippen molar-refractivity contribution in [1.29, 1.82) is 0 Å². The van der Waals surface area contributed by atoms with Crippen molar-refractivity contribution in [3.8, 4) is 11.5 Å². The number of benzene rings is 1. The van der Waals surface area contributed by atoms with Gasteiger partial charge in [0.05, 0.1) is 13.7 Å². The Hall–Kier alpha value is -1.22. The van der Waals surface area contributed by atoms with Crippen LogP contribution in [0.25, 0.3) is 0 Å². The smallest absolute Gasteiger partial charge is 0.123 e. The molecule has 1 rings (SSSR count). The number of nitrogens with one attached hydrogen (secondary N) is 1. The molecule has 0 spiro atoms. The van der Waals surface area contributed by atoms with Crippen LogP contribution in [0.5, 0.6) is 11.5 Å². The van der Waals surface area contributed by atoms with Crippen molar-refractivity contribution in [1.82, 2.24) is 5.32 Å². The molecule has 0 bridgehead atoms. The number of hydrogen-bond donors (Lipinski definition) is 1. The second-order valence-electron chi connectivity index (χ2n) is 6.42. The molecule has 3 nitrogen and oxygen atoms in total. The summed E-state index contributed by atoms with van der Waals surface area (Å²) in [6.07, 6.45) is 3.42. The average Bonchev–Trinajstić information content (AvgIpc) is 2.45. The third kappa shape index (κ3) is 6.38. The highest BCUT2D eigenvalue weighted by Gasteiger charge is 2.19. The summed E-state index contributed by atoms with van der Waals surface area (Å²) in [6.45, 7) is 11.7. The van der Waals surface area contributed by atoms with E-state index in [0.29, 0.717) is 0 Å². The minimum Gasteiger partial charge on any atom is -0.497 e. The molecular formula is C18H31NO2. The van der Waals surface area contributed by atoms with Crippen molar-refractivity contribution in [2.45, 2.75) is 52.4 Å². The van der Waals surface area contributed by atoms with E-state index in [4.69, 9.17) is 9.47 Å². The molecule has 1 N–H and O–H groups in total. The van der Waals surface area contributed by atoms with Crippen LogP contribution in [0.15, 0.2) is 18.2 Å². The first-order valence-electron chi connectivity index (χ1n) is 8.01. The van der Waals surface area contributed by atoms with E-state index in [0.717, 1.165) is 44.0 Å². The molecule has 0 atom stereocenters. The second-order valence-corrected chi connectivity index (χ2v) is 6.42. The quantitative estimate of drug-likeness (QED) is 0.694. The summed E-state index contributed by atoms with van der Waals surface area (Å²) in [5.41, 5.74) is 1.25. The number of hydrogen-bond acceptors (Lipinski definition) is 3. The molecule has 3 heteroatoms. The summed E-state index contributed by atoms with van der Waals surface area (Å²) in [6, 6.07) is 6.07. The van der Waals surface area contributed by atoms with Crippen molar-refractivity contribution >= 4 is 0 Å². The largest absolute Gasteiger partial charge is 0.497 e. The highest BCUT2D eigenvalue weighted by atomic mass is 16.5. The third-order valence-corrected chi connectivity index (χ3v) is 3.43. The van der Waals surface area contributed by atoms with Gasteiger partial charge >= 0.3 is 0 Å². The Morgan fingerprint density at radius 3 is 2.48 bits per heavy atom.